The van der Waals surface area contributed by atoms with Crippen LogP contribution in [0.15, 0.2) is 23.7 Å². The van der Waals surface area contributed by atoms with Crippen LogP contribution in [-0.4, -0.2) is 40.8 Å². The van der Waals surface area contributed by atoms with Crippen LogP contribution in [0, 0.1) is 0 Å². The molecule has 0 spiro atoms. The van der Waals surface area contributed by atoms with Gasteiger partial charge in [0.15, 0.2) is 0 Å². The van der Waals surface area contributed by atoms with Crippen LogP contribution in [-0.2, 0) is 6.54 Å². The van der Waals surface area contributed by atoms with Gasteiger partial charge in [-0.25, -0.2) is 0 Å². The zero-order valence-corrected chi connectivity index (χ0v) is 13.5. The molecule has 5 heteroatoms. The third-order valence-electron chi connectivity index (χ3n) is 4.19. The smallest absolute Gasteiger partial charge is 0.0794 e. The lowest BCUT2D eigenvalue weighted by Crippen LogP contribution is -2.42. The molecular weight excluding hydrogens is 280 g/mol. The summed E-state index contributed by atoms with van der Waals surface area (Å²) < 4.78 is 0. The molecule has 21 heavy (non-hydrogen) atoms. The highest BCUT2D eigenvalue weighted by Gasteiger charge is 2.18. The summed E-state index contributed by atoms with van der Waals surface area (Å²) in [6, 6.07) is 4.87. The molecule has 0 bridgehead atoms. The Kier molecular flexibility index (Phi) is 5.06. The van der Waals surface area contributed by atoms with Crippen LogP contribution in [0.5, 0.6) is 0 Å². The molecular formula is C16H24N4S. The monoisotopic (exact) mass is 304 g/mol. The van der Waals surface area contributed by atoms with Crippen molar-refractivity contribution in [2.24, 2.45) is 0 Å². The Morgan fingerprint density at radius 2 is 2.29 bits per heavy atom. The van der Waals surface area contributed by atoms with Crippen LogP contribution in [0.4, 0.5) is 0 Å². The number of aromatic amines is 1. The van der Waals surface area contributed by atoms with Crippen LogP contribution < -0.4 is 5.32 Å². The minimum Gasteiger partial charge on any atom is -0.310 e. The fourth-order valence-electron chi connectivity index (χ4n) is 3.01. The molecule has 1 aliphatic rings. The van der Waals surface area contributed by atoms with Crippen LogP contribution >= 0.6 is 11.3 Å². The van der Waals surface area contributed by atoms with E-state index < -0.39 is 0 Å². The average molecular weight is 304 g/mol. The predicted molar refractivity (Wildman–Crippen MR) is 88.5 cm³/mol. The molecule has 0 radical (unpaired) electrons. The van der Waals surface area contributed by atoms with Crippen molar-refractivity contribution < 1.29 is 0 Å². The molecule has 114 valence electrons. The Balaban J connectivity index is 1.52. The molecule has 2 N–H and O–H groups in total. The number of hydrogen-bond acceptors (Lipinski definition) is 4. The maximum atomic E-state index is 4.21. The third-order valence-corrected chi connectivity index (χ3v) is 5.08. The second-order valence-corrected chi connectivity index (χ2v) is 6.69. The summed E-state index contributed by atoms with van der Waals surface area (Å²) in [7, 11) is 0. The van der Waals surface area contributed by atoms with E-state index in [0.717, 1.165) is 6.54 Å². The maximum absolute atomic E-state index is 4.21. The molecule has 0 unspecified atom stereocenters. The summed E-state index contributed by atoms with van der Waals surface area (Å²) in [6.07, 6.45) is 5.73. The van der Waals surface area contributed by atoms with Crippen molar-refractivity contribution in [2.75, 3.05) is 19.6 Å². The number of nitrogens with zero attached hydrogens (tertiary/aromatic N) is 2. The summed E-state index contributed by atoms with van der Waals surface area (Å²) in [5.41, 5.74) is 2.44. The zero-order valence-electron chi connectivity index (χ0n) is 12.6. The van der Waals surface area contributed by atoms with E-state index in [1.807, 2.05) is 6.20 Å². The van der Waals surface area contributed by atoms with Crippen molar-refractivity contribution in [2.45, 2.75) is 38.8 Å². The Hall–Kier alpha value is -1.17. The molecule has 1 aliphatic heterocycles. The van der Waals surface area contributed by atoms with Crippen molar-refractivity contribution in [1.29, 1.82) is 0 Å². The number of H-pyrrole nitrogens is 1. The van der Waals surface area contributed by atoms with Crippen molar-refractivity contribution in [3.8, 4) is 10.6 Å². The van der Waals surface area contributed by atoms with E-state index in [1.165, 1.54) is 55.0 Å². The van der Waals surface area contributed by atoms with E-state index in [2.05, 4.69) is 44.9 Å². The van der Waals surface area contributed by atoms with Gasteiger partial charge in [-0.15, -0.1) is 11.3 Å². The lowest BCUT2D eigenvalue weighted by molar-refractivity contribution is 0.197. The summed E-state index contributed by atoms with van der Waals surface area (Å²) in [6.45, 7) is 6.87. The number of nitrogens with one attached hydrogen (secondary N) is 2. The number of likely N-dealkylation sites (tertiary alicyclic amines) is 1. The Bertz CT molecular complexity index is 526. The molecule has 0 aliphatic carbocycles. The minimum atomic E-state index is 0.643. The van der Waals surface area contributed by atoms with Gasteiger partial charge in [0.05, 0.1) is 16.8 Å². The van der Waals surface area contributed by atoms with Gasteiger partial charge in [0, 0.05) is 18.2 Å². The first-order chi connectivity index (χ1) is 10.4. The van der Waals surface area contributed by atoms with Crippen LogP contribution in [0.3, 0.4) is 0 Å². The van der Waals surface area contributed by atoms with Crippen LogP contribution in [0.25, 0.3) is 10.6 Å². The Morgan fingerprint density at radius 3 is 3.00 bits per heavy atom. The van der Waals surface area contributed by atoms with E-state index >= 15 is 0 Å². The molecule has 0 amide bonds. The lowest BCUT2D eigenvalue weighted by Gasteiger charge is -2.32. The van der Waals surface area contributed by atoms with Gasteiger partial charge < -0.3 is 10.2 Å². The van der Waals surface area contributed by atoms with E-state index in [9.17, 15) is 0 Å². The number of piperidine rings is 1. The molecule has 0 aromatic carbocycles. The Morgan fingerprint density at radius 1 is 1.43 bits per heavy atom. The van der Waals surface area contributed by atoms with Gasteiger partial charge in [-0.3, -0.25) is 5.10 Å². The summed E-state index contributed by atoms with van der Waals surface area (Å²) in [5, 5.41) is 13.2. The molecule has 0 atom stereocenters. The highest BCUT2D eigenvalue weighted by Crippen LogP contribution is 2.25. The second-order valence-electron chi connectivity index (χ2n) is 5.74. The fourth-order valence-corrected chi connectivity index (χ4v) is 3.77. The van der Waals surface area contributed by atoms with Crippen molar-refractivity contribution >= 4 is 11.3 Å². The molecule has 1 fully saturated rings. The summed E-state index contributed by atoms with van der Waals surface area (Å²) in [5.74, 6) is 0. The SMILES string of the molecule is CCCN1CCC(NCc2cn[nH]c2-c2cccs2)CC1. The van der Waals surface area contributed by atoms with Crippen LogP contribution in [0.2, 0.25) is 0 Å². The molecule has 3 heterocycles. The van der Waals surface area contributed by atoms with Gasteiger partial charge in [0.1, 0.15) is 0 Å². The maximum Gasteiger partial charge on any atom is 0.0794 e. The van der Waals surface area contributed by atoms with Crippen molar-refractivity contribution in [3.63, 3.8) is 0 Å². The highest BCUT2D eigenvalue weighted by molar-refractivity contribution is 7.13. The largest absolute Gasteiger partial charge is 0.310 e. The van der Waals surface area contributed by atoms with Crippen molar-refractivity contribution in [1.82, 2.24) is 20.4 Å². The van der Waals surface area contributed by atoms with Crippen molar-refractivity contribution in [3.05, 3.63) is 29.3 Å². The topological polar surface area (TPSA) is 44.0 Å². The first kappa shape index (κ1) is 14.8. The van der Waals surface area contributed by atoms with Crippen LogP contribution in [0.1, 0.15) is 31.7 Å². The molecule has 3 rings (SSSR count). The van der Waals surface area contributed by atoms with Gasteiger partial charge in [-0.2, -0.15) is 5.10 Å². The standard InChI is InChI=1S/C16H24N4S/c1-2-7-20-8-5-14(6-9-20)17-11-13-12-18-19-16(13)15-4-3-10-21-15/h3-4,10,12,14,17H,2,5-9,11H2,1H3,(H,18,19). The molecule has 4 nitrogen and oxygen atoms in total. The fraction of sp³-hybridized carbons (Fsp3) is 0.562. The number of aromatic nitrogens is 2. The van der Waals surface area contributed by atoms with Gasteiger partial charge in [-0.05, 0) is 50.3 Å². The minimum absolute atomic E-state index is 0.643. The van der Waals surface area contributed by atoms with E-state index in [-0.39, 0.29) is 0 Å². The summed E-state index contributed by atoms with van der Waals surface area (Å²) >= 11 is 1.76. The second kappa shape index (κ2) is 7.20. The van der Waals surface area contributed by atoms with Gasteiger partial charge in [0.25, 0.3) is 0 Å². The van der Waals surface area contributed by atoms with E-state index in [0.29, 0.717) is 6.04 Å². The van der Waals surface area contributed by atoms with Gasteiger partial charge in [0.2, 0.25) is 0 Å². The Labute approximate surface area is 130 Å². The molecule has 0 saturated carbocycles. The summed E-state index contributed by atoms with van der Waals surface area (Å²) in [4.78, 5) is 3.84. The molecule has 1 saturated heterocycles. The normalized spacial score (nSPS) is 17.4. The predicted octanol–water partition coefficient (Wildman–Crippen LogP) is 3.10. The quantitative estimate of drug-likeness (QED) is 0.862. The van der Waals surface area contributed by atoms with E-state index in [1.54, 1.807) is 11.3 Å². The highest BCUT2D eigenvalue weighted by atomic mass is 32.1. The zero-order chi connectivity index (χ0) is 14.5. The third kappa shape index (κ3) is 3.73. The molecule has 2 aromatic rings. The molecule has 2 aromatic heterocycles. The first-order valence-electron chi connectivity index (χ1n) is 7.88. The number of rotatable bonds is 6. The average Bonchev–Trinajstić information content (AvgIpc) is 3.18. The van der Waals surface area contributed by atoms with E-state index in [4.69, 9.17) is 0 Å². The van der Waals surface area contributed by atoms with Gasteiger partial charge >= 0.3 is 0 Å². The number of hydrogen-bond donors (Lipinski definition) is 2. The van der Waals surface area contributed by atoms with Gasteiger partial charge in [-0.1, -0.05) is 13.0 Å². The number of thiophene rings is 1. The lowest BCUT2D eigenvalue weighted by atomic mass is 10.0. The first-order valence-corrected chi connectivity index (χ1v) is 8.76.